The Morgan fingerprint density at radius 3 is 2.92 bits per heavy atom. The van der Waals surface area contributed by atoms with Crippen LogP contribution in [0.4, 0.5) is 5.82 Å². The Hall–Kier alpha value is -1.52. The first-order chi connectivity index (χ1) is 6.27. The molecule has 5 heteroatoms. The van der Waals surface area contributed by atoms with Gasteiger partial charge in [0.15, 0.2) is 5.96 Å². The summed E-state index contributed by atoms with van der Waals surface area (Å²) >= 11 is 0. The lowest BCUT2D eigenvalue weighted by Crippen LogP contribution is -2.27. The fourth-order valence-corrected chi connectivity index (χ4v) is 1.08. The fraction of sp³-hybridized carbons (Fsp3) is 0.500. The molecule has 0 atom stereocenters. The maximum Gasteiger partial charge on any atom is 0.194 e. The van der Waals surface area contributed by atoms with Crippen molar-refractivity contribution in [3.63, 3.8) is 0 Å². The first-order valence-corrected chi connectivity index (χ1v) is 4.34. The summed E-state index contributed by atoms with van der Waals surface area (Å²) in [5.41, 5.74) is 6.42. The summed E-state index contributed by atoms with van der Waals surface area (Å²) in [5, 5.41) is 2.94. The standard InChI is InChI=1S/C6H9N5.C2H6/c1-11-3-9-4-2-8-6(7)10-5(4)11;1-2/h3H,2H2,1H3,(H3,7,8,10);1-2H3. The molecule has 0 aromatic carbocycles. The van der Waals surface area contributed by atoms with Crippen LogP contribution in [0.5, 0.6) is 0 Å². The van der Waals surface area contributed by atoms with E-state index in [1.54, 1.807) is 6.33 Å². The van der Waals surface area contributed by atoms with E-state index in [0.717, 1.165) is 11.5 Å². The smallest absolute Gasteiger partial charge is 0.194 e. The van der Waals surface area contributed by atoms with Gasteiger partial charge >= 0.3 is 0 Å². The van der Waals surface area contributed by atoms with Crippen LogP contribution < -0.4 is 11.1 Å². The van der Waals surface area contributed by atoms with E-state index < -0.39 is 0 Å². The van der Waals surface area contributed by atoms with E-state index in [9.17, 15) is 0 Å². The number of rotatable bonds is 0. The zero-order chi connectivity index (χ0) is 9.84. The summed E-state index contributed by atoms with van der Waals surface area (Å²) in [6.45, 7) is 4.58. The number of nitrogens with one attached hydrogen (secondary N) is 1. The molecule has 0 radical (unpaired) electrons. The average Bonchev–Trinajstić information content (AvgIpc) is 2.52. The molecule has 2 rings (SSSR count). The molecule has 0 fully saturated rings. The van der Waals surface area contributed by atoms with Crippen LogP contribution in [0.3, 0.4) is 0 Å². The minimum atomic E-state index is 0.459. The third-order valence-corrected chi connectivity index (χ3v) is 1.66. The van der Waals surface area contributed by atoms with Crippen molar-refractivity contribution >= 4 is 11.8 Å². The van der Waals surface area contributed by atoms with Gasteiger partial charge in [0.1, 0.15) is 11.5 Å². The maximum absolute atomic E-state index is 5.48. The molecule has 2 heterocycles. The second-order valence-corrected chi connectivity index (χ2v) is 2.48. The molecule has 0 spiro atoms. The molecule has 1 aliphatic heterocycles. The lowest BCUT2D eigenvalue weighted by atomic mass is 10.4. The molecule has 0 amide bonds. The molecule has 0 bridgehead atoms. The molecule has 0 saturated carbocycles. The van der Waals surface area contributed by atoms with Gasteiger partial charge in [-0.2, -0.15) is 0 Å². The average molecular weight is 181 g/mol. The van der Waals surface area contributed by atoms with E-state index in [1.807, 2.05) is 25.5 Å². The Balaban J connectivity index is 0.000000396. The molecule has 1 aromatic rings. The molecule has 72 valence electrons. The van der Waals surface area contributed by atoms with Crippen LogP contribution in [0, 0.1) is 0 Å². The number of hydrogen-bond donors (Lipinski definition) is 2. The van der Waals surface area contributed by atoms with E-state index in [1.165, 1.54) is 0 Å². The van der Waals surface area contributed by atoms with Crippen molar-refractivity contribution in [2.45, 2.75) is 20.4 Å². The molecular formula is C8H15N5. The highest BCUT2D eigenvalue weighted by Gasteiger charge is 2.12. The summed E-state index contributed by atoms with van der Waals surface area (Å²) in [6.07, 6.45) is 1.74. The summed E-state index contributed by atoms with van der Waals surface area (Å²) in [5.74, 6) is 1.40. The van der Waals surface area contributed by atoms with Crippen LogP contribution in [0.25, 0.3) is 0 Å². The van der Waals surface area contributed by atoms with Gasteiger partial charge in [-0.05, 0) is 0 Å². The van der Waals surface area contributed by atoms with E-state index >= 15 is 0 Å². The molecule has 3 N–H and O–H groups in total. The van der Waals surface area contributed by atoms with Crippen LogP contribution in [0.1, 0.15) is 19.5 Å². The van der Waals surface area contributed by atoms with Crippen LogP contribution in [-0.2, 0) is 13.6 Å². The monoisotopic (exact) mass is 181 g/mol. The van der Waals surface area contributed by atoms with E-state index in [2.05, 4.69) is 15.3 Å². The van der Waals surface area contributed by atoms with Crippen molar-refractivity contribution in [2.75, 3.05) is 5.32 Å². The first kappa shape index (κ1) is 9.57. The van der Waals surface area contributed by atoms with Crippen molar-refractivity contribution in [2.24, 2.45) is 17.8 Å². The molecule has 0 unspecified atom stereocenters. The minimum absolute atomic E-state index is 0.459. The Bertz CT molecular complexity index is 312. The number of aromatic nitrogens is 2. The van der Waals surface area contributed by atoms with Crippen molar-refractivity contribution in [1.29, 1.82) is 0 Å². The van der Waals surface area contributed by atoms with Gasteiger partial charge in [0.05, 0.1) is 12.9 Å². The largest absolute Gasteiger partial charge is 0.370 e. The predicted octanol–water partition coefficient (Wildman–Crippen LogP) is 0.686. The van der Waals surface area contributed by atoms with E-state index in [0.29, 0.717) is 12.5 Å². The molecule has 1 aliphatic rings. The predicted molar refractivity (Wildman–Crippen MR) is 53.5 cm³/mol. The number of imidazole rings is 1. The molecule has 1 aromatic heterocycles. The van der Waals surface area contributed by atoms with Gasteiger partial charge in [0, 0.05) is 7.05 Å². The normalized spacial score (nSPS) is 13.3. The van der Waals surface area contributed by atoms with Gasteiger partial charge in [0.2, 0.25) is 0 Å². The molecule has 13 heavy (non-hydrogen) atoms. The quantitative estimate of drug-likeness (QED) is 0.618. The molecular weight excluding hydrogens is 166 g/mol. The Morgan fingerprint density at radius 2 is 2.23 bits per heavy atom. The Morgan fingerprint density at radius 1 is 1.54 bits per heavy atom. The highest BCUT2D eigenvalue weighted by Crippen LogP contribution is 2.16. The summed E-state index contributed by atoms with van der Waals surface area (Å²) < 4.78 is 1.89. The number of hydrogen-bond acceptors (Lipinski definition) is 4. The number of fused-ring (bicyclic) bond motifs is 1. The molecule has 0 aliphatic carbocycles. The number of nitrogens with two attached hydrogens (primary N) is 1. The number of aryl methyl sites for hydroxylation is 1. The summed E-state index contributed by atoms with van der Waals surface area (Å²) in [6, 6.07) is 0. The Labute approximate surface area is 77.7 Å². The summed E-state index contributed by atoms with van der Waals surface area (Å²) in [4.78, 5) is 8.12. The van der Waals surface area contributed by atoms with Gasteiger partial charge in [0.25, 0.3) is 0 Å². The highest BCUT2D eigenvalue weighted by atomic mass is 15.2. The van der Waals surface area contributed by atoms with Crippen molar-refractivity contribution in [3.05, 3.63) is 12.0 Å². The fourth-order valence-electron chi connectivity index (χ4n) is 1.08. The van der Waals surface area contributed by atoms with Gasteiger partial charge < -0.3 is 15.6 Å². The highest BCUT2D eigenvalue weighted by molar-refractivity contribution is 5.93. The lowest BCUT2D eigenvalue weighted by Gasteiger charge is -2.11. The van der Waals surface area contributed by atoms with Crippen molar-refractivity contribution < 1.29 is 0 Å². The van der Waals surface area contributed by atoms with Crippen LogP contribution in [0.2, 0.25) is 0 Å². The van der Waals surface area contributed by atoms with Gasteiger partial charge in [-0.1, -0.05) is 13.8 Å². The van der Waals surface area contributed by atoms with E-state index in [-0.39, 0.29) is 0 Å². The lowest BCUT2D eigenvalue weighted by molar-refractivity contribution is 0.915. The zero-order valence-electron chi connectivity index (χ0n) is 8.20. The van der Waals surface area contributed by atoms with Crippen molar-refractivity contribution in [3.8, 4) is 0 Å². The second-order valence-electron chi connectivity index (χ2n) is 2.48. The third kappa shape index (κ3) is 1.80. The maximum atomic E-state index is 5.48. The van der Waals surface area contributed by atoms with Crippen LogP contribution in [0.15, 0.2) is 11.3 Å². The number of nitrogens with zero attached hydrogens (tertiary/aromatic N) is 3. The number of anilines is 1. The van der Waals surface area contributed by atoms with Gasteiger partial charge in [-0.25, -0.2) is 9.98 Å². The van der Waals surface area contributed by atoms with Gasteiger partial charge in [-0.15, -0.1) is 0 Å². The van der Waals surface area contributed by atoms with E-state index in [4.69, 9.17) is 5.73 Å². The topological polar surface area (TPSA) is 68.2 Å². The summed E-state index contributed by atoms with van der Waals surface area (Å²) in [7, 11) is 1.91. The van der Waals surface area contributed by atoms with Gasteiger partial charge in [-0.3, -0.25) is 0 Å². The SMILES string of the molecule is CC.Cn1cnc2c1NC(N)=NC2. The van der Waals surface area contributed by atoms with Crippen LogP contribution in [-0.4, -0.2) is 15.5 Å². The molecule has 0 saturated heterocycles. The van der Waals surface area contributed by atoms with Crippen molar-refractivity contribution in [1.82, 2.24) is 9.55 Å². The van der Waals surface area contributed by atoms with Crippen LogP contribution >= 0.6 is 0 Å². The third-order valence-electron chi connectivity index (χ3n) is 1.66. The first-order valence-electron chi connectivity index (χ1n) is 4.34. The molecule has 5 nitrogen and oxygen atoms in total. The number of guanidine groups is 1. The Kier molecular flexibility index (Phi) is 2.89. The second kappa shape index (κ2) is 3.93. The zero-order valence-corrected chi connectivity index (χ0v) is 8.20. The number of aliphatic imine (C=N–C) groups is 1. The minimum Gasteiger partial charge on any atom is -0.370 e.